The van der Waals surface area contributed by atoms with Crippen LogP contribution >= 0.6 is 0 Å². The van der Waals surface area contributed by atoms with Crippen molar-refractivity contribution in [2.45, 2.75) is 57.2 Å². The number of amides is 2. The van der Waals surface area contributed by atoms with E-state index in [4.69, 9.17) is 9.26 Å². The van der Waals surface area contributed by atoms with Gasteiger partial charge in [0.2, 0.25) is 0 Å². The monoisotopic (exact) mass is 378 g/mol. The fourth-order valence-corrected chi connectivity index (χ4v) is 3.93. The Hall–Kier alpha value is -2.16. The van der Waals surface area contributed by atoms with Gasteiger partial charge >= 0.3 is 12.0 Å². The summed E-state index contributed by atoms with van der Waals surface area (Å²) < 4.78 is 11.3. The third-order valence-corrected chi connectivity index (χ3v) is 5.56. The number of carbonyl (C=O) groups is 2. The van der Waals surface area contributed by atoms with Crippen molar-refractivity contribution in [2.75, 3.05) is 19.6 Å². The first-order valence-corrected chi connectivity index (χ1v) is 9.74. The molecule has 1 aromatic rings. The number of nitrogens with one attached hydrogen (secondary N) is 1. The second-order valence-electron chi connectivity index (χ2n) is 8.06. The zero-order chi connectivity index (χ0) is 19.0. The minimum atomic E-state index is -0.841. The number of likely N-dealkylation sites (tertiary alicyclic amines) is 1. The molecule has 4 rings (SSSR count). The number of carbonyl (C=O) groups excluding carboxylic acids is 1. The highest BCUT2D eigenvalue weighted by Crippen LogP contribution is 2.39. The molecule has 3 heterocycles. The van der Waals surface area contributed by atoms with Crippen molar-refractivity contribution in [3.05, 3.63) is 11.7 Å². The van der Waals surface area contributed by atoms with E-state index < -0.39 is 11.9 Å². The van der Waals surface area contributed by atoms with Gasteiger partial charge in [0.1, 0.15) is 6.10 Å². The fourth-order valence-electron chi connectivity index (χ4n) is 3.93. The molecule has 0 aromatic carbocycles. The molecule has 3 fully saturated rings. The van der Waals surface area contributed by atoms with Crippen molar-refractivity contribution in [3.8, 4) is 0 Å². The van der Waals surface area contributed by atoms with Crippen LogP contribution < -0.4 is 5.32 Å². The summed E-state index contributed by atoms with van der Waals surface area (Å²) in [7, 11) is 0. The van der Waals surface area contributed by atoms with Gasteiger partial charge in [-0.05, 0) is 38.0 Å². The number of hydrogen-bond acceptors (Lipinski definition) is 6. The van der Waals surface area contributed by atoms with Crippen LogP contribution in [0.25, 0.3) is 0 Å². The summed E-state index contributed by atoms with van der Waals surface area (Å²) in [5, 5.41) is 16.1. The van der Waals surface area contributed by atoms with Crippen molar-refractivity contribution < 1.29 is 24.0 Å². The number of aromatic nitrogens is 2. The SMILES string of the molecule is CC1CC(C(=O)O)CN(C(=O)NC[C@H]2CC[C@@H](c3nc(C4CC4)no3)O2)C1. The lowest BCUT2D eigenvalue weighted by atomic mass is 9.91. The maximum absolute atomic E-state index is 12.4. The molecule has 0 spiro atoms. The molecule has 2 amide bonds. The smallest absolute Gasteiger partial charge is 0.317 e. The zero-order valence-electron chi connectivity index (χ0n) is 15.5. The molecule has 2 N–H and O–H groups in total. The van der Waals surface area contributed by atoms with Gasteiger partial charge in [0, 0.05) is 25.6 Å². The van der Waals surface area contributed by atoms with E-state index in [0.717, 1.165) is 31.5 Å². The molecule has 1 aromatic heterocycles. The van der Waals surface area contributed by atoms with Crippen LogP contribution in [0.3, 0.4) is 0 Å². The Balaban J connectivity index is 1.25. The number of carboxylic acids is 1. The number of hydrogen-bond donors (Lipinski definition) is 2. The first-order chi connectivity index (χ1) is 13.0. The van der Waals surface area contributed by atoms with E-state index in [2.05, 4.69) is 15.5 Å². The summed E-state index contributed by atoms with van der Waals surface area (Å²) in [5.41, 5.74) is 0. The summed E-state index contributed by atoms with van der Waals surface area (Å²) in [4.78, 5) is 29.7. The van der Waals surface area contributed by atoms with Gasteiger partial charge in [0.05, 0.1) is 12.0 Å². The molecule has 148 valence electrons. The lowest BCUT2D eigenvalue weighted by Crippen LogP contribution is -2.50. The minimum absolute atomic E-state index is 0.104. The van der Waals surface area contributed by atoms with Crippen molar-refractivity contribution in [3.63, 3.8) is 0 Å². The van der Waals surface area contributed by atoms with Crippen molar-refractivity contribution in [1.82, 2.24) is 20.4 Å². The lowest BCUT2D eigenvalue weighted by Gasteiger charge is -2.34. The molecule has 1 aliphatic carbocycles. The van der Waals surface area contributed by atoms with E-state index in [9.17, 15) is 14.7 Å². The molecule has 3 aliphatic rings. The highest BCUT2D eigenvalue weighted by Gasteiger charge is 2.35. The third kappa shape index (κ3) is 4.23. The van der Waals surface area contributed by atoms with Crippen molar-refractivity contribution in [2.24, 2.45) is 11.8 Å². The number of ether oxygens (including phenoxy) is 1. The van der Waals surface area contributed by atoms with Crippen LogP contribution in [0.15, 0.2) is 4.52 Å². The molecule has 9 heteroatoms. The van der Waals surface area contributed by atoms with E-state index in [1.807, 2.05) is 6.92 Å². The predicted octanol–water partition coefficient (Wildman–Crippen LogP) is 1.92. The average molecular weight is 378 g/mol. The van der Waals surface area contributed by atoms with Gasteiger partial charge in [0.25, 0.3) is 5.89 Å². The number of rotatable bonds is 5. The lowest BCUT2D eigenvalue weighted by molar-refractivity contribution is -0.143. The van der Waals surface area contributed by atoms with E-state index in [1.165, 1.54) is 0 Å². The summed E-state index contributed by atoms with van der Waals surface area (Å²) >= 11 is 0. The number of aliphatic carboxylic acids is 1. The van der Waals surface area contributed by atoms with Crippen LogP contribution in [0.2, 0.25) is 0 Å². The van der Waals surface area contributed by atoms with Gasteiger partial charge in [-0.25, -0.2) is 4.79 Å². The van der Waals surface area contributed by atoms with Crippen LogP contribution in [-0.4, -0.2) is 57.9 Å². The maximum Gasteiger partial charge on any atom is 0.317 e. The molecular weight excluding hydrogens is 352 g/mol. The molecule has 2 aliphatic heterocycles. The normalized spacial score (nSPS) is 31.1. The first-order valence-electron chi connectivity index (χ1n) is 9.74. The van der Waals surface area contributed by atoms with Gasteiger partial charge in [-0.1, -0.05) is 12.1 Å². The van der Waals surface area contributed by atoms with Gasteiger partial charge in [0.15, 0.2) is 5.82 Å². The summed E-state index contributed by atoms with van der Waals surface area (Å²) in [6.45, 7) is 3.20. The zero-order valence-corrected chi connectivity index (χ0v) is 15.5. The fraction of sp³-hybridized carbons (Fsp3) is 0.778. The summed E-state index contributed by atoms with van der Waals surface area (Å²) in [6, 6.07) is -0.228. The third-order valence-electron chi connectivity index (χ3n) is 5.56. The number of nitrogens with zero attached hydrogens (tertiary/aromatic N) is 3. The molecule has 0 radical (unpaired) electrons. The van der Waals surface area contributed by atoms with Crippen LogP contribution in [0.5, 0.6) is 0 Å². The van der Waals surface area contributed by atoms with E-state index in [0.29, 0.717) is 31.3 Å². The molecule has 0 bridgehead atoms. The Morgan fingerprint density at radius 3 is 2.81 bits per heavy atom. The van der Waals surface area contributed by atoms with Crippen molar-refractivity contribution >= 4 is 12.0 Å². The van der Waals surface area contributed by atoms with Crippen LogP contribution in [0, 0.1) is 11.8 Å². The Kier molecular flexibility index (Phi) is 5.03. The van der Waals surface area contributed by atoms with Crippen molar-refractivity contribution in [1.29, 1.82) is 0 Å². The number of carboxylic acid groups (broad SMARTS) is 1. The standard InChI is InChI=1S/C18H26N4O5/c1-10-6-12(17(23)24)9-22(8-10)18(25)19-7-13-4-5-14(26-13)16-20-15(21-27-16)11-2-3-11/h10-14H,2-9H2,1H3,(H,19,25)(H,23,24)/t10?,12?,13-,14+/m1/s1. The Bertz CT molecular complexity index is 704. The first kappa shape index (κ1) is 18.2. The molecule has 2 saturated heterocycles. The minimum Gasteiger partial charge on any atom is -0.481 e. The van der Waals surface area contributed by atoms with Gasteiger partial charge < -0.3 is 24.6 Å². The summed E-state index contributed by atoms with van der Waals surface area (Å²) in [5.74, 6) is 0.588. The topological polar surface area (TPSA) is 118 Å². The van der Waals surface area contributed by atoms with E-state index in [-0.39, 0.29) is 30.7 Å². The Labute approximate surface area is 157 Å². The van der Waals surface area contributed by atoms with E-state index in [1.54, 1.807) is 4.90 Å². The number of urea groups is 1. The molecule has 27 heavy (non-hydrogen) atoms. The highest BCUT2D eigenvalue weighted by atomic mass is 16.5. The molecule has 1 saturated carbocycles. The second-order valence-corrected chi connectivity index (χ2v) is 8.06. The Morgan fingerprint density at radius 1 is 1.26 bits per heavy atom. The van der Waals surface area contributed by atoms with Gasteiger partial charge in [-0.3, -0.25) is 4.79 Å². The predicted molar refractivity (Wildman–Crippen MR) is 93.0 cm³/mol. The summed E-state index contributed by atoms with van der Waals surface area (Å²) in [6.07, 6.45) is 4.13. The quantitative estimate of drug-likeness (QED) is 0.803. The van der Waals surface area contributed by atoms with E-state index >= 15 is 0 Å². The van der Waals surface area contributed by atoms with Gasteiger partial charge in [-0.2, -0.15) is 4.98 Å². The molecule has 9 nitrogen and oxygen atoms in total. The molecular formula is C18H26N4O5. The van der Waals surface area contributed by atoms with Crippen LogP contribution in [0.4, 0.5) is 4.79 Å². The van der Waals surface area contributed by atoms with Gasteiger partial charge in [-0.15, -0.1) is 0 Å². The Morgan fingerprint density at radius 2 is 2.07 bits per heavy atom. The highest BCUT2D eigenvalue weighted by molar-refractivity contribution is 5.76. The maximum atomic E-state index is 12.4. The second kappa shape index (κ2) is 7.46. The molecule has 2 unspecified atom stereocenters. The van der Waals surface area contributed by atoms with Crippen LogP contribution in [0.1, 0.15) is 62.8 Å². The van der Waals surface area contributed by atoms with Crippen LogP contribution in [-0.2, 0) is 9.53 Å². The number of piperidine rings is 1. The average Bonchev–Trinajstić information content (AvgIpc) is 3.18. The largest absolute Gasteiger partial charge is 0.481 e. The molecule has 4 atom stereocenters.